The molecule has 4 aromatic rings. The van der Waals surface area contributed by atoms with Crippen molar-refractivity contribution in [3.05, 3.63) is 101 Å². The maximum Gasteiger partial charge on any atom is 0.254 e. The van der Waals surface area contributed by atoms with E-state index >= 15 is 0 Å². The average Bonchev–Trinajstić information content (AvgIpc) is 3.18. The van der Waals surface area contributed by atoms with E-state index in [1.807, 2.05) is 66.4 Å². The van der Waals surface area contributed by atoms with Gasteiger partial charge in [0, 0.05) is 17.1 Å². The Morgan fingerprint density at radius 1 is 1.00 bits per heavy atom. The highest BCUT2D eigenvalue weighted by atomic mass is 35.5. The monoisotopic (exact) mass is 503 g/mol. The second-order valence-electron chi connectivity index (χ2n) is 8.98. The van der Waals surface area contributed by atoms with Crippen molar-refractivity contribution in [3.8, 4) is 23.1 Å². The Kier molecular flexibility index (Phi) is 7.96. The van der Waals surface area contributed by atoms with Gasteiger partial charge in [-0.3, -0.25) is 4.79 Å². The number of aryl methyl sites for hydroxylation is 1. The van der Waals surface area contributed by atoms with Gasteiger partial charge in [0.25, 0.3) is 5.91 Å². The van der Waals surface area contributed by atoms with Crippen LogP contribution in [0.2, 0.25) is 5.02 Å². The normalized spacial score (nSPS) is 10.9. The predicted octanol–water partition coefficient (Wildman–Crippen LogP) is 6.93. The van der Waals surface area contributed by atoms with Crippen molar-refractivity contribution in [2.45, 2.75) is 27.3 Å². The largest absolute Gasteiger partial charge is 0.497 e. The zero-order valence-electron chi connectivity index (χ0n) is 20.9. The molecule has 0 unspecified atom stereocenters. The quantitative estimate of drug-likeness (QED) is 0.248. The highest BCUT2D eigenvalue weighted by Gasteiger charge is 2.25. The van der Waals surface area contributed by atoms with Gasteiger partial charge in [-0.1, -0.05) is 49.7 Å². The van der Waals surface area contributed by atoms with Crippen LogP contribution < -0.4 is 9.47 Å². The summed E-state index contributed by atoms with van der Waals surface area (Å²) in [6.45, 7) is 7.05. The second-order valence-corrected chi connectivity index (χ2v) is 9.42. The van der Waals surface area contributed by atoms with Gasteiger partial charge in [0.2, 0.25) is 5.88 Å². The van der Waals surface area contributed by atoms with Crippen LogP contribution in [0.1, 0.15) is 35.5 Å². The summed E-state index contributed by atoms with van der Waals surface area (Å²) in [5, 5.41) is 5.38. The van der Waals surface area contributed by atoms with Crippen LogP contribution in [0.5, 0.6) is 17.4 Å². The number of carbonyl (C=O) groups is 1. The van der Waals surface area contributed by atoms with Crippen LogP contribution in [0.25, 0.3) is 5.69 Å². The molecule has 0 fully saturated rings. The predicted molar refractivity (Wildman–Crippen MR) is 142 cm³/mol. The van der Waals surface area contributed by atoms with Gasteiger partial charge >= 0.3 is 0 Å². The number of halogens is 1. The Morgan fingerprint density at radius 2 is 1.72 bits per heavy atom. The van der Waals surface area contributed by atoms with Gasteiger partial charge in [-0.2, -0.15) is 5.10 Å². The number of nitrogens with zero attached hydrogens (tertiary/aromatic N) is 3. The molecule has 6 nitrogen and oxygen atoms in total. The molecule has 3 aromatic carbocycles. The first-order valence-electron chi connectivity index (χ1n) is 11.9. The fourth-order valence-electron chi connectivity index (χ4n) is 3.98. The first-order chi connectivity index (χ1) is 17.4. The minimum Gasteiger partial charge on any atom is -0.497 e. The first kappa shape index (κ1) is 25.3. The lowest BCUT2D eigenvalue weighted by Crippen LogP contribution is -2.34. The minimum atomic E-state index is -0.0630. The molecule has 36 heavy (non-hydrogen) atoms. The fraction of sp³-hybridized carbons (Fsp3) is 0.241. The summed E-state index contributed by atoms with van der Waals surface area (Å²) in [4.78, 5) is 15.4. The maximum atomic E-state index is 13.6. The van der Waals surface area contributed by atoms with Gasteiger partial charge in [0.05, 0.1) is 30.6 Å². The van der Waals surface area contributed by atoms with Gasteiger partial charge in [-0.05, 0) is 67.4 Å². The molecule has 0 N–H and O–H groups in total. The Morgan fingerprint density at radius 3 is 2.36 bits per heavy atom. The van der Waals surface area contributed by atoms with Crippen molar-refractivity contribution in [2.75, 3.05) is 13.7 Å². The van der Waals surface area contributed by atoms with E-state index in [1.165, 1.54) is 0 Å². The molecular weight excluding hydrogens is 474 g/mol. The number of ether oxygens (including phenoxy) is 2. The summed E-state index contributed by atoms with van der Waals surface area (Å²) in [5.74, 6) is 2.15. The van der Waals surface area contributed by atoms with Crippen molar-refractivity contribution < 1.29 is 14.3 Å². The number of carbonyl (C=O) groups excluding carboxylic acids is 1. The van der Waals surface area contributed by atoms with E-state index in [2.05, 4.69) is 13.8 Å². The lowest BCUT2D eigenvalue weighted by molar-refractivity contribution is 0.0721. The zero-order chi connectivity index (χ0) is 25.7. The van der Waals surface area contributed by atoms with Crippen molar-refractivity contribution in [3.63, 3.8) is 0 Å². The van der Waals surface area contributed by atoms with E-state index in [1.54, 1.807) is 36.1 Å². The molecule has 0 radical (unpaired) electrons. The van der Waals surface area contributed by atoms with Crippen molar-refractivity contribution in [1.29, 1.82) is 0 Å². The number of benzene rings is 3. The summed E-state index contributed by atoms with van der Waals surface area (Å²) >= 11 is 6.28. The number of hydrogen-bond donors (Lipinski definition) is 0. The van der Waals surface area contributed by atoms with Crippen LogP contribution in [-0.4, -0.2) is 34.2 Å². The highest BCUT2D eigenvalue weighted by molar-refractivity contribution is 6.30. The number of para-hydroxylation sites is 1. The zero-order valence-corrected chi connectivity index (χ0v) is 21.7. The first-order valence-corrected chi connectivity index (χ1v) is 12.2. The highest BCUT2D eigenvalue weighted by Crippen LogP contribution is 2.32. The number of methoxy groups -OCH3 is 1. The smallest absolute Gasteiger partial charge is 0.254 e. The molecule has 1 amide bonds. The third kappa shape index (κ3) is 5.89. The molecule has 0 saturated heterocycles. The SMILES string of the molecule is COc1ccc(C(=O)N(Cc2c(C)nn(-c3cccc(Cl)c3)c2Oc2ccccc2)CC(C)C)cc1. The number of aromatic nitrogens is 2. The van der Waals surface area contributed by atoms with E-state index < -0.39 is 0 Å². The lowest BCUT2D eigenvalue weighted by Gasteiger charge is -2.25. The lowest BCUT2D eigenvalue weighted by atomic mass is 10.1. The van der Waals surface area contributed by atoms with E-state index in [-0.39, 0.29) is 11.8 Å². The molecule has 0 spiro atoms. The number of rotatable bonds is 9. The Bertz CT molecular complexity index is 1320. The van der Waals surface area contributed by atoms with Crippen molar-refractivity contribution in [2.24, 2.45) is 5.92 Å². The molecule has 4 rings (SSSR count). The molecule has 7 heteroatoms. The molecule has 1 aromatic heterocycles. The van der Waals surface area contributed by atoms with E-state index in [4.69, 9.17) is 26.2 Å². The molecule has 0 atom stereocenters. The molecular formula is C29H30ClN3O3. The maximum absolute atomic E-state index is 13.6. The van der Waals surface area contributed by atoms with Crippen molar-refractivity contribution >= 4 is 17.5 Å². The summed E-state index contributed by atoms with van der Waals surface area (Å²) in [5.41, 5.74) is 2.99. The average molecular weight is 504 g/mol. The molecule has 1 heterocycles. The van der Waals surface area contributed by atoms with Crippen LogP contribution in [-0.2, 0) is 6.54 Å². The third-order valence-corrected chi connectivity index (χ3v) is 5.94. The Labute approximate surface area is 217 Å². The second kappa shape index (κ2) is 11.3. The van der Waals surface area contributed by atoms with Gasteiger partial charge in [0.1, 0.15) is 11.5 Å². The van der Waals surface area contributed by atoms with Gasteiger partial charge < -0.3 is 14.4 Å². The number of amides is 1. The summed E-state index contributed by atoms with van der Waals surface area (Å²) in [6, 6.07) is 24.2. The standard InChI is InChI=1S/C29H30ClN3O3/c1-20(2)18-32(28(34)22-13-15-25(35-4)16-14-22)19-27-21(3)31-33(24-10-8-9-23(30)17-24)29(27)36-26-11-6-5-7-12-26/h5-17,20H,18-19H2,1-4H3. The van der Waals surface area contributed by atoms with Crippen LogP contribution in [0.4, 0.5) is 0 Å². The minimum absolute atomic E-state index is 0.0630. The topological polar surface area (TPSA) is 56.6 Å². The fourth-order valence-corrected chi connectivity index (χ4v) is 4.16. The van der Waals surface area contributed by atoms with Gasteiger partial charge in [0.15, 0.2) is 0 Å². The van der Waals surface area contributed by atoms with Crippen molar-refractivity contribution in [1.82, 2.24) is 14.7 Å². The molecule has 0 saturated carbocycles. The molecule has 0 aliphatic heterocycles. The van der Waals surface area contributed by atoms with Crippen LogP contribution in [0.3, 0.4) is 0 Å². The molecule has 0 aliphatic rings. The van der Waals surface area contributed by atoms with Gasteiger partial charge in [-0.15, -0.1) is 0 Å². The summed E-state index contributed by atoms with van der Waals surface area (Å²) in [7, 11) is 1.61. The number of hydrogen-bond acceptors (Lipinski definition) is 4. The van der Waals surface area contributed by atoms with E-state index in [0.717, 1.165) is 16.9 Å². The van der Waals surface area contributed by atoms with Crippen LogP contribution in [0, 0.1) is 12.8 Å². The Balaban J connectivity index is 1.76. The summed E-state index contributed by atoms with van der Waals surface area (Å²) in [6.07, 6.45) is 0. The van der Waals surface area contributed by atoms with E-state index in [9.17, 15) is 4.79 Å². The molecule has 0 aliphatic carbocycles. The summed E-state index contributed by atoms with van der Waals surface area (Å²) < 4.78 is 13.4. The van der Waals surface area contributed by atoms with Crippen LogP contribution >= 0.6 is 11.6 Å². The Hall–Kier alpha value is -3.77. The molecule has 0 bridgehead atoms. The molecule has 186 valence electrons. The third-order valence-electron chi connectivity index (χ3n) is 5.71. The van der Waals surface area contributed by atoms with Gasteiger partial charge in [-0.25, -0.2) is 4.68 Å². The van der Waals surface area contributed by atoms with Crippen LogP contribution in [0.15, 0.2) is 78.9 Å². The van der Waals surface area contributed by atoms with E-state index in [0.29, 0.717) is 41.1 Å².